The highest BCUT2D eigenvalue weighted by molar-refractivity contribution is 6.39. The number of carbonyl (C=O) groups is 2. The number of unbranched alkanes of at least 4 members (excludes halogenated alkanes) is 5. The molecule has 0 aliphatic heterocycles. The van der Waals surface area contributed by atoms with E-state index in [2.05, 4.69) is 17.6 Å². The normalized spacial score (nSPS) is 10.3. The van der Waals surface area contributed by atoms with Gasteiger partial charge in [0, 0.05) is 12.6 Å². The van der Waals surface area contributed by atoms with E-state index in [1.54, 1.807) is 0 Å². The van der Waals surface area contributed by atoms with Crippen molar-refractivity contribution in [1.29, 1.82) is 0 Å². The van der Waals surface area contributed by atoms with Crippen LogP contribution in [-0.4, -0.2) is 23.5 Å². The van der Waals surface area contributed by atoms with Crippen molar-refractivity contribution >= 4 is 17.5 Å². The molecule has 0 aliphatic rings. The third-order valence-corrected chi connectivity index (χ3v) is 3.22. The summed E-state index contributed by atoms with van der Waals surface area (Å²) in [6.45, 7) is 2.58. The second-order valence-electron chi connectivity index (χ2n) is 5.14. The van der Waals surface area contributed by atoms with E-state index in [0.717, 1.165) is 25.3 Å². The van der Waals surface area contributed by atoms with Gasteiger partial charge >= 0.3 is 11.8 Å². The molecule has 5 nitrogen and oxygen atoms in total. The van der Waals surface area contributed by atoms with Crippen molar-refractivity contribution in [3.63, 3.8) is 0 Å². The van der Waals surface area contributed by atoms with E-state index in [1.807, 2.05) is 0 Å². The van der Waals surface area contributed by atoms with Gasteiger partial charge in [0.05, 0.1) is 5.69 Å². The first kappa shape index (κ1) is 17.9. The van der Waals surface area contributed by atoms with Crippen LogP contribution >= 0.6 is 0 Å². The Bertz CT molecular complexity index is 506. The second kappa shape index (κ2) is 9.76. The van der Waals surface area contributed by atoms with Crippen molar-refractivity contribution in [3.8, 4) is 5.75 Å². The van der Waals surface area contributed by atoms with Crippen molar-refractivity contribution in [2.24, 2.45) is 0 Å². The number of phenolic OH excluding ortho intramolecular Hbond substituents is 1. The molecule has 0 saturated heterocycles. The van der Waals surface area contributed by atoms with Crippen molar-refractivity contribution in [2.45, 2.75) is 45.4 Å². The van der Waals surface area contributed by atoms with Crippen LogP contribution in [0.25, 0.3) is 0 Å². The average Bonchev–Trinajstić information content (AvgIpc) is 2.48. The summed E-state index contributed by atoms with van der Waals surface area (Å²) in [4.78, 5) is 23.2. The van der Waals surface area contributed by atoms with Crippen LogP contribution in [0.5, 0.6) is 5.75 Å². The van der Waals surface area contributed by atoms with Crippen LogP contribution in [0.4, 0.5) is 10.1 Å². The first-order valence-corrected chi connectivity index (χ1v) is 7.62. The lowest BCUT2D eigenvalue weighted by Crippen LogP contribution is -2.36. The number of aromatic hydroxyl groups is 1. The molecule has 1 rings (SSSR count). The number of halogens is 1. The van der Waals surface area contributed by atoms with Crippen LogP contribution < -0.4 is 10.6 Å². The van der Waals surface area contributed by atoms with Crippen molar-refractivity contribution in [1.82, 2.24) is 5.32 Å². The Balaban J connectivity index is 2.26. The summed E-state index contributed by atoms with van der Waals surface area (Å²) in [6, 6.07) is 3.29. The molecule has 1 aromatic rings. The zero-order valence-corrected chi connectivity index (χ0v) is 12.8. The number of amides is 2. The van der Waals surface area contributed by atoms with Gasteiger partial charge in [-0.3, -0.25) is 9.59 Å². The highest BCUT2D eigenvalue weighted by atomic mass is 19.1. The topological polar surface area (TPSA) is 78.4 Å². The molecule has 22 heavy (non-hydrogen) atoms. The molecule has 0 aromatic heterocycles. The summed E-state index contributed by atoms with van der Waals surface area (Å²) in [5, 5.41) is 13.7. The fourth-order valence-corrected chi connectivity index (χ4v) is 1.97. The second-order valence-corrected chi connectivity index (χ2v) is 5.14. The molecule has 0 fully saturated rings. The van der Waals surface area contributed by atoms with Gasteiger partial charge in [-0.1, -0.05) is 39.0 Å². The monoisotopic (exact) mass is 310 g/mol. The number of rotatable bonds is 8. The van der Waals surface area contributed by atoms with E-state index in [0.29, 0.717) is 6.54 Å². The number of phenols is 1. The maximum atomic E-state index is 13.4. The van der Waals surface area contributed by atoms with Crippen LogP contribution in [0.2, 0.25) is 0 Å². The summed E-state index contributed by atoms with van der Waals surface area (Å²) >= 11 is 0. The van der Waals surface area contributed by atoms with Crippen molar-refractivity contribution in [2.75, 3.05) is 11.9 Å². The third-order valence-electron chi connectivity index (χ3n) is 3.22. The molecular formula is C16H23FN2O3. The van der Waals surface area contributed by atoms with Gasteiger partial charge in [-0.25, -0.2) is 4.39 Å². The third kappa shape index (κ3) is 6.56. The molecule has 0 radical (unpaired) electrons. The number of benzene rings is 1. The minimum Gasteiger partial charge on any atom is -0.508 e. The molecule has 6 heteroatoms. The Labute approximate surface area is 129 Å². The van der Waals surface area contributed by atoms with Crippen LogP contribution in [0.3, 0.4) is 0 Å². The zero-order chi connectivity index (χ0) is 16.4. The Kier molecular flexibility index (Phi) is 7.96. The van der Waals surface area contributed by atoms with Gasteiger partial charge in [-0.15, -0.1) is 0 Å². The van der Waals surface area contributed by atoms with Gasteiger partial charge < -0.3 is 15.7 Å². The van der Waals surface area contributed by atoms with Gasteiger partial charge in [0.2, 0.25) is 0 Å². The highest BCUT2D eigenvalue weighted by Gasteiger charge is 2.15. The number of anilines is 1. The largest absolute Gasteiger partial charge is 0.508 e. The quantitative estimate of drug-likeness (QED) is 0.392. The van der Waals surface area contributed by atoms with E-state index >= 15 is 0 Å². The Hall–Kier alpha value is -2.11. The predicted molar refractivity (Wildman–Crippen MR) is 83.1 cm³/mol. The van der Waals surface area contributed by atoms with Gasteiger partial charge in [0.25, 0.3) is 0 Å². The molecular weight excluding hydrogens is 287 g/mol. The van der Waals surface area contributed by atoms with E-state index in [-0.39, 0.29) is 11.4 Å². The predicted octanol–water partition coefficient (Wildman–Crippen LogP) is 2.95. The zero-order valence-electron chi connectivity index (χ0n) is 12.8. The number of nitrogens with one attached hydrogen (secondary N) is 2. The molecule has 1 aromatic carbocycles. The fourth-order valence-electron chi connectivity index (χ4n) is 1.97. The first-order valence-electron chi connectivity index (χ1n) is 7.62. The van der Waals surface area contributed by atoms with E-state index in [4.69, 9.17) is 5.11 Å². The Morgan fingerprint density at radius 1 is 1.09 bits per heavy atom. The van der Waals surface area contributed by atoms with Crippen LogP contribution in [-0.2, 0) is 9.59 Å². The summed E-state index contributed by atoms with van der Waals surface area (Å²) in [6.07, 6.45) is 6.53. The first-order chi connectivity index (χ1) is 10.5. The smallest absolute Gasteiger partial charge is 0.313 e. The number of hydrogen-bond donors (Lipinski definition) is 3. The molecule has 0 unspecified atom stereocenters. The molecule has 0 heterocycles. The van der Waals surface area contributed by atoms with E-state index in [1.165, 1.54) is 31.4 Å². The fraction of sp³-hybridized carbons (Fsp3) is 0.500. The SMILES string of the molecule is CCCCCCCCNC(=O)C(=O)Nc1ccc(O)cc1F. The average molecular weight is 310 g/mol. The lowest BCUT2D eigenvalue weighted by Gasteiger charge is -2.07. The molecule has 0 spiro atoms. The molecule has 0 aliphatic carbocycles. The van der Waals surface area contributed by atoms with E-state index in [9.17, 15) is 14.0 Å². The lowest BCUT2D eigenvalue weighted by molar-refractivity contribution is -0.136. The van der Waals surface area contributed by atoms with Crippen LogP contribution in [0.15, 0.2) is 18.2 Å². The number of carbonyl (C=O) groups excluding carboxylic acids is 2. The highest BCUT2D eigenvalue weighted by Crippen LogP contribution is 2.19. The standard InChI is InChI=1S/C16H23FN2O3/c1-2-3-4-5-6-7-10-18-15(21)16(22)19-14-9-8-12(20)11-13(14)17/h8-9,11,20H,2-7,10H2,1H3,(H,18,21)(H,19,22). The molecule has 0 atom stereocenters. The van der Waals surface area contributed by atoms with Gasteiger partial charge in [0.15, 0.2) is 0 Å². The summed E-state index contributed by atoms with van der Waals surface area (Å²) < 4.78 is 13.4. The maximum Gasteiger partial charge on any atom is 0.313 e. The molecule has 122 valence electrons. The van der Waals surface area contributed by atoms with Gasteiger partial charge in [-0.05, 0) is 18.6 Å². The summed E-state index contributed by atoms with van der Waals surface area (Å²) in [5.41, 5.74) is -0.141. The Morgan fingerprint density at radius 3 is 2.45 bits per heavy atom. The molecule has 0 saturated carbocycles. The van der Waals surface area contributed by atoms with Crippen molar-refractivity contribution in [3.05, 3.63) is 24.0 Å². The minimum atomic E-state index is -0.921. The van der Waals surface area contributed by atoms with Crippen molar-refractivity contribution < 1.29 is 19.1 Å². The number of hydrogen-bond acceptors (Lipinski definition) is 3. The maximum absolute atomic E-state index is 13.4. The van der Waals surface area contributed by atoms with Gasteiger partial charge in [0.1, 0.15) is 11.6 Å². The van der Waals surface area contributed by atoms with Gasteiger partial charge in [-0.2, -0.15) is 0 Å². The minimum absolute atomic E-state index is 0.141. The van der Waals surface area contributed by atoms with Crippen LogP contribution in [0, 0.1) is 5.82 Å². The Morgan fingerprint density at radius 2 is 1.77 bits per heavy atom. The van der Waals surface area contributed by atoms with E-state index < -0.39 is 17.6 Å². The summed E-state index contributed by atoms with van der Waals surface area (Å²) in [7, 11) is 0. The van der Waals surface area contributed by atoms with Crippen LogP contribution in [0.1, 0.15) is 45.4 Å². The molecule has 0 bridgehead atoms. The molecule has 2 amide bonds. The summed E-state index contributed by atoms with van der Waals surface area (Å²) in [5.74, 6) is -2.75. The molecule has 3 N–H and O–H groups in total. The lowest BCUT2D eigenvalue weighted by atomic mass is 10.1.